The van der Waals surface area contributed by atoms with E-state index in [1.807, 2.05) is 0 Å². The first-order valence-corrected chi connectivity index (χ1v) is 6.59. The van der Waals surface area contributed by atoms with Crippen molar-refractivity contribution in [2.75, 3.05) is 24.7 Å². The second-order valence-corrected chi connectivity index (χ2v) is 6.12. The van der Waals surface area contributed by atoms with Crippen LogP contribution in [0.15, 0.2) is 0 Å². The van der Waals surface area contributed by atoms with Crippen molar-refractivity contribution < 1.29 is 22.3 Å². The van der Waals surface area contributed by atoms with Gasteiger partial charge < -0.3 is 10.4 Å². The Bertz CT molecular complexity index is 291. The SMILES string of the molecule is O=S1(=O)CCC(NCC(F)(F)CO)CC1. The van der Waals surface area contributed by atoms with Gasteiger partial charge in [-0.15, -0.1) is 0 Å². The Kier molecular flexibility index (Phi) is 4.02. The van der Waals surface area contributed by atoms with Gasteiger partial charge in [-0.2, -0.15) is 0 Å². The number of sulfone groups is 1. The molecule has 0 spiro atoms. The minimum Gasteiger partial charge on any atom is -0.390 e. The van der Waals surface area contributed by atoms with Crippen LogP contribution in [0, 0.1) is 0 Å². The number of halogens is 2. The van der Waals surface area contributed by atoms with Gasteiger partial charge in [0.1, 0.15) is 16.4 Å². The summed E-state index contributed by atoms with van der Waals surface area (Å²) in [7, 11) is -2.95. The van der Waals surface area contributed by atoms with Crippen LogP contribution in [0.2, 0.25) is 0 Å². The lowest BCUT2D eigenvalue weighted by molar-refractivity contribution is -0.0494. The molecule has 1 aliphatic heterocycles. The number of alkyl halides is 2. The molecule has 1 saturated heterocycles. The highest BCUT2D eigenvalue weighted by Crippen LogP contribution is 2.15. The van der Waals surface area contributed by atoms with Gasteiger partial charge in [0.05, 0.1) is 18.1 Å². The minimum absolute atomic E-state index is 0.0510. The van der Waals surface area contributed by atoms with Crippen LogP contribution in [0.3, 0.4) is 0 Å². The van der Waals surface area contributed by atoms with Crippen LogP contribution < -0.4 is 5.32 Å². The summed E-state index contributed by atoms with van der Waals surface area (Å²) in [5, 5.41) is 10.9. The van der Waals surface area contributed by atoms with Gasteiger partial charge in [-0.25, -0.2) is 17.2 Å². The lowest BCUT2D eigenvalue weighted by Gasteiger charge is -2.25. The molecule has 4 nitrogen and oxygen atoms in total. The van der Waals surface area contributed by atoms with E-state index in [-0.39, 0.29) is 17.5 Å². The second-order valence-electron chi connectivity index (χ2n) is 3.82. The third-order valence-corrected chi connectivity index (χ3v) is 4.15. The van der Waals surface area contributed by atoms with Gasteiger partial charge in [0.25, 0.3) is 5.92 Å². The first kappa shape index (κ1) is 12.8. The quantitative estimate of drug-likeness (QED) is 0.716. The number of hydrogen-bond acceptors (Lipinski definition) is 4. The normalized spacial score (nSPS) is 22.9. The predicted octanol–water partition coefficient (Wildman–Crippen LogP) is -0.219. The smallest absolute Gasteiger partial charge is 0.282 e. The molecule has 0 aliphatic carbocycles. The van der Waals surface area contributed by atoms with Gasteiger partial charge in [0.15, 0.2) is 0 Å². The van der Waals surface area contributed by atoms with Gasteiger partial charge >= 0.3 is 0 Å². The van der Waals surface area contributed by atoms with Crippen LogP contribution in [-0.2, 0) is 9.84 Å². The fraction of sp³-hybridized carbons (Fsp3) is 1.00. The maximum atomic E-state index is 12.6. The first-order chi connectivity index (χ1) is 6.85. The van der Waals surface area contributed by atoms with E-state index in [1.165, 1.54) is 0 Å². The van der Waals surface area contributed by atoms with Crippen molar-refractivity contribution in [2.45, 2.75) is 24.8 Å². The summed E-state index contributed by atoms with van der Waals surface area (Å²) >= 11 is 0. The molecule has 1 aliphatic rings. The summed E-state index contributed by atoms with van der Waals surface area (Å²) in [5.41, 5.74) is 0. The van der Waals surface area contributed by atoms with Crippen molar-refractivity contribution in [1.82, 2.24) is 5.32 Å². The molecule has 0 atom stereocenters. The molecule has 7 heteroatoms. The lowest BCUT2D eigenvalue weighted by Crippen LogP contribution is -2.44. The molecule has 0 aromatic carbocycles. The highest BCUT2D eigenvalue weighted by molar-refractivity contribution is 7.91. The topological polar surface area (TPSA) is 66.4 Å². The molecule has 0 aromatic heterocycles. The molecule has 0 aromatic rings. The standard InChI is InChI=1S/C8H15F2NO3S/c9-8(10,6-12)5-11-7-1-3-15(13,14)4-2-7/h7,11-12H,1-6H2. The van der Waals surface area contributed by atoms with E-state index in [1.54, 1.807) is 0 Å². The van der Waals surface area contributed by atoms with Crippen LogP contribution >= 0.6 is 0 Å². The summed E-state index contributed by atoms with van der Waals surface area (Å²) in [5.74, 6) is -3.03. The largest absolute Gasteiger partial charge is 0.390 e. The van der Waals surface area contributed by atoms with Gasteiger partial charge in [0.2, 0.25) is 0 Å². The average molecular weight is 243 g/mol. The van der Waals surface area contributed by atoms with E-state index in [9.17, 15) is 17.2 Å². The Hall–Kier alpha value is -0.270. The number of aliphatic hydroxyl groups is 1. The molecule has 0 bridgehead atoms. The van der Waals surface area contributed by atoms with Gasteiger partial charge in [-0.1, -0.05) is 0 Å². The molecule has 0 saturated carbocycles. The molecule has 90 valence electrons. The zero-order valence-corrected chi connectivity index (χ0v) is 9.06. The van der Waals surface area contributed by atoms with Gasteiger partial charge in [-0.05, 0) is 12.8 Å². The third-order valence-electron chi connectivity index (χ3n) is 2.44. The third kappa shape index (κ3) is 4.40. The first-order valence-electron chi connectivity index (χ1n) is 4.77. The molecular weight excluding hydrogens is 228 g/mol. The Balaban J connectivity index is 2.31. The number of rotatable bonds is 4. The van der Waals surface area contributed by atoms with Crippen LogP contribution in [-0.4, -0.2) is 50.1 Å². The molecule has 0 radical (unpaired) electrons. The van der Waals surface area contributed by atoms with Crippen molar-refractivity contribution in [2.24, 2.45) is 0 Å². The number of aliphatic hydroxyl groups excluding tert-OH is 1. The average Bonchev–Trinajstić information content (AvgIpc) is 2.16. The molecule has 0 amide bonds. The maximum absolute atomic E-state index is 12.6. The molecule has 1 rings (SSSR count). The fourth-order valence-electron chi connectivity index (χ4n) is 1.44. The van der Waals surface area contributed by atoms with E-state index in [0.29, 0.717) is 12.8 Å². The fourth-order valence-corrected chi connectivity index (χ4v) is 2.94. The molecule has 1 heterocycles. The zero-order chi connectivity index (χ0) is 11.5. The summed E-state index contributed by atoms with van der Waals surface area (Å²) in [6.07, 6.45) is 0.730. The lowest BCUT2D eigenvalue weighted by atomic mass is 10.1. The van der Waals surface area contributed by atoms with Gasteiger partial charge in [0, 0.05) is 6.04 Å². The Morgan fingerprint density at radius 3 is 2.33 bits per heavy atom. The summed E-state index contributed by atoms with van der Waals surface area (Å²) in [6.45, 7) is -1.79. The van der Waals surface area contributed by atoms with Crippen LogP contribution in [0.25, 0.3) is 0 Å². The van der Waals surface area contributed by atoms with Crippen molar-refractivity contribution in [3.63, 3.8) is 0 Å². The van der Waals surface area contributed by atoms with Crippen LogP contribution in [0.4, 0.5) is 8.78 Å². The van der Waals surface area contributed by atoms with Crippen LogP contribution in [0.5, 0.6) is 0 Å². The van der Waals surface area contributed by atoms with Crippen molar-refractivity contribution in [1.29, 1.82) is 0 Å². The van der Waals surface area contributed by atoms with Crippen molar-refractivity contribution >= 4 is 9.84 Å². The maximum Gasteiger partial charge on any atom is 0.282 e. The Labute approximate surface area is 87.6 Å². The Morgan fingerprint density at radius 1 is 1.33 bits per heavy atom. The second kappa shape index (κ2) is 4.71. The Morgan fingerprint density at radius 2 is 1.87 bits per heavy atom. The van der Waals surface area contributed by atoms with E-state index in [0.717, 1.165) is 0 Å². The minimum atomic E-state index is -3.13. The monoisotopic (exact) mass is 243 g/mol. The van der Waals surface area contributed by atoms with Crippen molar-refractivity contribution in [3.05, 3.63) is 0 Å². The number of nitrogens with one attached hydrogen (secondary N) is 1. The highest BCUT2D eigenvalue weighted by Gasteiger charge is 2.30. The van der Waals surface area contributed by atoms with Crippen LogP contribution in [0.1, 0.15) is 12.8 Å². The van der Waals surface area contributed by atoms with E-state index in [4.69, 9.17) is 5.11 Å². The van der Waals surface area contributed by atoms with Gasteiger partial charge in [-0.3, -0.25) is 0 Å². The van der Waals surface area contributed by atoms with E-state index >= 15 is 0 Å². The highest BCUT2D eigenvalue weighted by atomic mass is 32.2. The van der Waals surface area contributed by atoms with Crippen molar-refractivity contribution in [3.8, 4) is 0 Å². The summed E-state index contributed by atoms with van der Waals surface area (Å²) < 4.78 is 47.3. The summed E-state index contributed by atoms with van der Waals surface area (Å²) in [6, 6.07) is -0.189. The molecule has 0 unspecified atom stereocenters. The molecule has 2 N–H and O–H groups in total. The summed E-state index contributed by atoms with van der Waals surface area (Å²) in [4.78, 5) is 0. The number of hydrogen-bond donors (Lipinski definition) is 2. The predicted molar refractivity (Wildman–Crippen MR) is 51.7 cm³/mol. The molecule has 1 fully saturated rings. The molecule has 15 heavy (non-hydrogen) atoms. The van der Waals surface area contributed by atoms with E-state index < -0.39 is 28.9 Å². The molecular formula is C8H15F2NO3S. The zero-order valence-electron chi connectivity index (χ0n) is 8.25. The van der Waals surface area contributed by atoms with E-state index in [2.05, 4.69) is 5.32 Å².